The molecule has 0 saturated heterocycles. The van der Waals surface area contributed by atoms with E-state index in [0.717, 1.165) is 11.1 Å². The van der Waals surface area contributed by atoms with Crippen LogP contribution in [0.5, 0.6) is 5.75 Å². The van der Waals surface area contributed by atoms with Gasteiger partial charge in [0.1, 0.15) is 6.61 Å². The summed E-state index contributed by atoms with van der Waals surface area (Å²) in [4.78, 5) is 10.1. The number of nitro benzene ring substituents is 1. The molecule has 0 saturated carbocycles. The third-order valence-corrected chi connectivity index (χ3v) is 2.95. The summed E-state index contributed by atoms with van der Waals surface area (Å²) in [5, 5.41) is 13.5. The van der Waals surface area contributed by atoms with E-state index in [1.54, 1.807) is 31.3 Å². The van der Waals surface area contributed by atoms with Gasteiger partial charge in [0.05, 0.1) is 4.92 Å². The topological polar surface area (TPSA) is 64.4 Å². The Morgan fingerprint density at radius 2 is 1.95 bits per heavy atom. The van der Waals surface area contributed by atoms with E-state index in [-0.39, 0.29) is 18.0 Å². The Hall–Kier alpha value is -2.47. The Labute approximate surface area is 121 Å². The quantitative estimate of drug-likeness (QED) is 0.656. The Kier molecular flexibility index (Phi) is 4.84. The van der Waals surface area contributed by atoms with Gasteiger partial charge in [-0.1, -0.05) is 12.1 Å². The summed E-state index contributed by atoms with van der Waals surface area (Å²) < 4.78 is 19.3. The number of nitrogens with one attached hydrogen (secondary N) is 1. The molecule has 0 aromatic heterocycles. The molecule has 0 bridgehead atoms. The fourth-order valence-electron chi connectivity index (χ4n) is 1.91. The first-order valence-corrected chi connectivity index (χ1v) is 6.40. The maximum atomic E-state index is 13.8. The van der Waals surface area contributed by atoms with Gasteiger partial charge in [-0.25, -0.2) is 4.39 Å². The molecule has 21 heavy (non-hydrogen) atoms. The second-order valence-corrected chi connectivity index (χ2v) is 4.47. The molecule has 2 aromatic carbocycles. The van der Waals surface area contributed by atoms with E-state index in [9.17, 15) is 14.5 Å². The number of ether oxygens (including phenoxy) is 1. The lowest BCUT2D eigenvalue weighted by atomic mass is 10.2. The maximum absolute atomic E-state index is 13.8. The van der Waals surface area contributed by atoms with Crippen molar-refractivity contribution >= 4 is 5.69 Å². The van der Waals surface area contributed by atoms with Gasteiger partial charge in [0, 0.05) is 24.2 Å². The molecule has 0 fully saturated rings. The Morgan fingerprint density at radius 3 is 2.57 bits per heavy atom. The van der Waals surface area contributed by atoms with Gasteiger partial charge >= 0.3 is 0 Å². The van der Waals surface area contributed by atoms with Crippen molar-refractivity contribution < 1.29 is 14.1 Å². The maximum Gasteiger partial charge on any atom is 0.269 e. The number of para-hydroxylation sites is 1. The first-order chi connectivity index (χ1) is 10.1. The Morgan fingerprint density at radius 1 is 1.24 bits per heavy atom. The highest BCUT2D eigenvalue weighted by Gasteiger charge is 2.10. The van der Waals surface area contributed by atoms with Crippen LogP contribution in [0.4, 0.5) is 10.1 Å². The van der Waals surface area contributed by atoms with Gasteiger partial charge in [0.2, 0.25) is 0 Å². The smallest absolute Gasteiger partial charge is 0.269 e. The van der Waals surface area contributed by atoms with Crippen LogP contribution in [0.3, 0.4) is 0 Å². The number of rotatable bonds is 6. The number of nitrogens with zero attached hydrogens (tertiary/aromatic N) is 1. The summed E-state index contributed by atoms with van der Waals surface area (Å²) in [5.74, 6) is -0.227. The van der Waals surface area contributed by atoms with Crippen molar-refractivity contribution in [1.82, 2.24) is 5.32 Å². The molecule has 6 heteroatoms. The third kappa shape index (κ3) is 3.76. The van der Waals surface area contributed by atoms with E-state index < -0.39 is 10.7 Å². The minimum atomic E-state index is -0.466. The standard InChI is InChI=1S/C15H15FN2O3/c1-17-9-12-3-2-4-14(16)15(12)21-10-11-5-7-13(8-6-11)18(19)20/h2-8,17H,9-10H2,1H3. The summed E-state index contributed by atoms with van der Waals surface area (Å²) in [5.41, 5.74) is 1.47. The van der Waals surface area contributed by atoms with Crippen molar-refractivity contribution in [3.8, 4) is 5.75 Å². The largest absolute Gasteiger partial charge is 0.485 e. The zero-order valence-electron chi connectivity index (χ0n) is 11.5. The average molecular weight is 290 g/mol. The predicted molar refractivity (Wildman–Crippen MR) is 76.6 cm³/mol. The number of nitro groups is 1. The van der Waals surface area contributed by atoms with Gasteiger partial charge in [-0.15, -0.1) is 0 Å². The van der Waals surface area contributed by atoms with Crippen molar-refractivity contribution in [3.63, 3.8) is 0 Å². The van der Waals surface area contributed by atoms with Crippen molar-refractivity contribution in [2.45, 2.75) is 13.2 Å². The summed E-state index contributed by atoms with van der Waals surface area (Å²) in [7, 11) is 1.77. The Bertz CT molecular complexity index is 629. The minimum absolute atomic E-state index is 0.0144. The molecule has 0 unspecified atom stereocenters. The lowest BCUT2D eigenvalue weighted by Gasteiger charge is -2.12. The van der Waals surface area contributed by atoms with E-state index in [1.807, 2.05) is 0 Å². The number of hydrogen-bond acceptors (Lipinski definition) is 4. The number of non-ortho nitro benzene ring substituents is 1. The minimum Gasteiger partial charge on any atom is -0.485 e. The number of benzene rings is 2. The van der Waals surface area contributed by atoms with Gasteiger partial charge in [0.15, 0.2) is 11.6 Å². The lowest BCUT2D eigenvalue weighted by molar-refractivity contribution is -0.384. The molecule has 0 heterocycles. The normalized spacial score (nSPS) is 10.4. The fraction of sp³-hybridized carbons (Fsp3) is 0.200. The van der Waals surface area contributed by atoms with E-state index >= 15 is 0 Å². The fourth-order valence-corrected chi connectivity index (χ4v) is 1.91. The second kappa shape index (κ2) is 6.81. The van der Waals surface area contributed by atoms with Crippen LogP contribution in [-0.2, 0) is 13.2 Å². The van der Waals surface area contributed by atoms with Crippen LogP contribution >= 0.6 is 0 Å². The summed E-state index contributed by atoms with van der Waals surface area (Å²) in [6.45, 7) is 0.642. The van der Waals surface area contributed by atoms with Crippen LogP contribution in [0.25, 0.3) is 0 Å². The average Bonchev–Trinajstić information content (AvgIpc) is 2.47. The van der Waals surface area contributed by atoms with Crippen molar-refractivity contribution in [3.05, 3.63) is 69.5 Å². The van der Waals surface area contributed by atoms with Gasteiger partial charge in [-0.3, -0.25) is 10.1 Å². The molecule has 0 atom stereocenters. The first kappa shape index (κ1) is 14.9. The highest BCUT2D eigenvalue weighted by Crippen LogP contribution is 2.24. The SMILES string of the molecule is CNCc1cccc(F)c1OCc1ccc([N+](=O)[O-])cc1. The lowest BCUT2D eigenvalue weighted by Crippen LogP contribution is -2.08. The van der Waals surface area contributed by atoms with E-state index in [4.69, 9.17) is 4.74 Å². The zero-order valence-corrected chi connectivity index (χ0v) is 11.5. The number of hydrogen-bond donors (Lipinski definition) is 1. The summed E-state index contributed by atoms with van der Waals surface area (Å²) >= 11 is 0. The highest BCUT2D eigenvalue weighted by atomic mass is 19.1. The highest BCUT2D eigenvalue weighted by molar-refractivity contribution is 5.36. The molecular formula is C15H15FN2O3. The zero-order chi connectivity index (χ0) is 15.2. The third-order valence-electron chi connectivity index (χ3n) is 2.95. The molecule has 2 rings (SSSR count). The predicted octanol–water partition coefficient (Wildman–Crippen LogP) is 3.03. The molecule has 0 spiro atoms. The molecule has 0 radical (unpaired) electrons. The molecule has 110 valence electrons. The molecular weight excluding hydrogens is 275 g/mol. The molecule has 2 aromatic rings. The van der Waals surface area contributed by atoms with Crippen molar-refractivity contribution in [2.24, 2.45) is 0 Å². The van der Waals surface area contributed by atoms with Gasteiger partial charge < -0.3 is 10.1 Å². The molecule has 5 nitrogen and oxygen atoms in total. The van der Waals surface area contributed by atoms with Gasteiger partial charge in [-0.05, 0) is 30.8 Å². The molecule has 0 amide bonds. The summed E-state index contributed by atoms with van der Waals surface area (Å²) in [6, 6.07) is 10.7. The van der Waals surface area contributed by atoms with Crippen LogP contribution in [0, 0.1) is 15.9 Å². The Balaban J connectivity index is 2.10. The van der Waals surface area contributed by atoms with E-state index in [1.165, 1.54) is 18.2 Å². The van der Waals surface area contributed by atoms with Crippen LogP contribution < -0.4 is 10.1 Å². The first-order valence-electron chi connectivity index (χ1n) is 6.40. The van der Waals surface area contributed by atoms with Crippen molar-refractivity contribution in [2.75, 3.05) is 7.05 Å². The van der Waals surface area contributed by atoms with Crippen LogP contribution in [0.2, 0.25) is 0 Å². The molecule has 1 N–H and O–H groups in total. The monoisotopic (exact) mass is 290 g/mol. The molecule has 0 aliphatic heterocycles. The van der Waals surface area contributed by atoms with Crippen LogP contribution in [-0.4, -0.2) is 12.0 Å². The van der Waals surface area contributed by atoms with Crippen molar-refractivity contribution in [1.29, 1.82) is 0 Å². The van der Waals surface area contributed by atoms with E-state index in [2.05, 4.69) is 5.32 Å². The molecule has 0 aliphatic rings. The van der Waals surface area contributed by atoms with Crippen LogP contribution in [0.1, 0.15) is 11.1 Å². The van der Waals surface area contributed by atoms with Gasteiger partial charge in [-0.2, -0.15) is 0 Å². The second-order valence-electron chi connectivity index (χ2n) is 4.47. The summed E-state index contributed by atoms with van der Waals surface area (Å²) in [6.07, 6.45) is 0. The number of halogens is 1. The van der Waals surface area contributed by atoms with Crippen LogP contribution in [0.15, 0.2) is 42.5 Å². The van der Waals surface area contributed by atoms with Gasteiger partial charge in [0.25, 0.3) is 5.69 Å². The molecule has 0 aliphatic carbocycles. The van der Waals surface area contributed by atoms with E-state index in [0.29, 0.717) is 6.54 Å².